The van der Waals surface area contributed by atoms with Gasteiger partial charge < -0.3 is 29.2 Å². The standard InChI is InChI=1S/C28H35N4O5P/c1-4-34-38(33,35-5-2)28(37-25-13-8-20-6-7-22(27(30)31)16-23(20)17-25)21-9-11-24(12-10-21)36-26-14-15-32(18-26)19(3)29/h6-13,16-17,26,28-29H,4-5,14-15,18H2,1-3H3,(H3,30,31). The smallest absolute Gasteiger partial charge is 0.375 e. The lowest BCUT2D eigenvalue weighted by molar-refractivity contribution is 0.162. The number of hydrogen-bond donors (Lipinski definition) is 3. The van der Waals surface area contributed by atoms with Crippen molar-refractivity contribution < 1.29 is 23.1 Å². The number of amidine groups is 2. The van der Waals surface area contributed by atoms with E-state index in [1.54, 1.807) is 32.9 Å². The zero-order chi connectivity index (χ0) is 27.3. The van der Waals surface area contributed by atoms with Crippen molar-refractivity contribution in [1.29, 1.82) is 10.8 Å². The second-order valence-electron chi connectivity index (χ2n) is 9.11. The summed E-state index contributed by atoms with van der Waals surface area (Å²) >= 11 is 0. The molecule has 3 aromatic carbocycles. The van der Waals surface area contributed by atoms with Crippen LogP contribution >= 0.6 is 7.60 Å². The van der Waals surface area contributed by atoms with Gasteiger partial charge in [0.05, 0.1) is 25.6 Å². The maximum Gasteiger partial charge on any atom is 0.375 e. The van der Waals surface area contributed by atoms with Crippen molar-refractivity contribution in [3.05, 3.63) is 71.8 Å². The summed E-state index contributed by atoms with van der Waals surface area (Å²) in [5.74, 6) is 0.685. The highest BCUT2D eigenvalue weighted by Crippen LogP contribution is 2.61. The first-order valence-electron chi connectivity index (χ1n) is 12.7. The first-order chi connectivity index (χ1) is 18.2. The van der Waals surface area contributed by atoms with Crippen LogP contribution in [0.2, 0.25) is 0 Å². The summed E-state index contributed by atoms with van der Waals surface area (Å²) in [5.41, 5.74) is 6.90. The lowest BCUT2D eigenvalue weighted by Crippen LogP contribution is -2.28. The van der Waals surface area contributed by atoms with Crippen molar-refractivity contribution >= 4 is 30.0 Å². The quantitative estimate of drug-likeness (QED) is 0.157. The molecule has 1 aliphatic heterocycles. The third-order valence-corrected chi connectivity index (χ3v) is 8.58. The Hall–Kier alpha value is -3.39. The normalized spacial score (nSPS) is 16.4. The van der Waals surface area contributed by atoms with E-state index in [4.69, 9.17) is 35.1 Å². The number of nitrogens with zero attached hydrogens (tertiary/aromatic N) is 1. The lowest BCUT2D eigenvalue weighted by Gasteiger charge is -2.27. The summed E-state index contributed by atoms with van der Waals surface area (Å²) in [4.78, 5) is 1.99. The van der Waals surface area contributed by atoms with Crippen LogP contribution in [0.1, 0.15) is 44.2 Å². The highest BCUT2D eigenvalue weighted by molar-refractivity contribution is 7.54. The van der Waals surface area contributed by atoms with Crippen LogP contribution in [0, 0.1) is 10.8 Å². The van der Waals surface area contributed by atoms with E-state index < -0.39 is 13.4 Å². The number of benzene rings is 3. The molecule has 0 bridgehead atoms. The summed E-state index contributed by atoms with van der Waals surface area (Å²) < 4.78 is 37.7. The Kier molecular flexibility index (Phi) is 8.72. The Morgan fingerprint density at radius 3 is 2.26 bits per heavy atom. The summed E-state index contributed by atoms with van der Waals surface area (Å²) in [6, 6.07) is 18.3. The minimum atomic E-state index is -3.71. The number of hydrogen-bond acceptors (Lipinski definition) is 7. The molecule has 0 aromatic heterocycles. The van der Waals surface area contributed by atoms with Gasteiger partial charge in [0.15, 0.2) is 0 Å². The number of nitrogen functional groups attached to an aromatic ring is 1. The van der Waals surface area contributed by atoms with Gasteiger partial charge in [0.1, 0.15) is 23.4 Å². The Balaban J connectivity index is 1.62. The monoisotopic (exact) mass is 538 g/mol. The van der Waals surface area contributed by atoms with Gasteiger partial charge in [-0.25, -0.2) is 0 Å². The predicted octanol–water partition coefficient (Wildman–Crippen LogP) is 5.92. The molecule has 4 N–H and O–H groups in total. The Bertz CT molecular complexity index is 1340. The maximum absolute atomic E-state index is 13.9. The van der Waals surface area contributed by atoms with Crippen molar-refractivity contribution in [2.45, 2.75) is 39.1 Å². The number of fused-ring (bicyclic) bond motifs is 1. The third kappa shape index (κ3) is 6.35. The van der Waals surface area contributed by atoms with Crippen molar-refractivity contribution in [3.63, 3.8) is 0 Å². The molecule has 0 spiro atoms. The zero-order valence-corrected chi connectivity index (χ0v) is 22.9. The molecule has 0 aliphatic carbocycles. The van der Waals surface area contributed by atoms with Gasteiger partial charge in [-0.2, -0.15) is 0 Å². The second-order valence-corrected chi connectivity index (χ2v) is 11.2. The molecule has 38 heavy (non-hydrogen) atoms. The molecule has 202 valence electrons. The largest absolute Gasteiger partial charge is 0.489 e. The number of ether oxygens (including phenoxy) is 2. The van der Waals surface area contributed by atoms with Gasteiger partial charge in [-0.15, -0.1) is 0 Å². The average molecular weight is 539 g/mol. The van der Waals surface area contributed by atoms with Gasteiger partial charge >= 0.3 is 7.60 Å². The zero-order valence-electron chi connectivity index (χ0n) is 22.0. The van der Waals surface area contributed by atoms with Crippen LogP contribution in [0.4, 0.5) is 0 Å². The van der Waals surface area contributed by atoms with Gasteiger partial charge in [-0.05, 0) is 61.9 Å². The van der Waals surface area contributed by atoms with Crippen LogP contribution in [-0.4, -0.2) is 49.0 Å². The molecule has 1 fully saturated rings. The molecule has 1 heterocycles. The van der Waals surface area contributed by atoms with E-state index in [1.165, 1.54) is 0 Å². The predicted molar refractivity (Wildman–Crippen MR) is 150 cm³/mol. The molecular formula is C28H35N4O5P. The van der Waals surface area contributed by atoms with Crippen molar-refractivity contribution in [1.82, 2.24) is 4.90 Å². The van der Waals surface area contributed by atoms with Crippen LogP contribution in [0.5, 0.6) is 11.5 Å². The van der Waals surface area contributed by atoms with Gasteiger partial charge in [-0.1, -0.05) is 30.3 Å². The Morgan fingerprint density at radius 2 is 1.66 bits per heavy atom. The maximum atomic E-state index is 13.9. The average Bonchev–Trinajstić information content (AvgIpc) is 3.36. The van der Waals surface area contributed by atoms with Crippen molar-refractivity contribution in [2.24, 2.45) is 5.73 Å². The molecule has 0 amide bonds. The van der Waals surface area contributed by atoms with E-state index in [9.17, 15) is 4.57 Å². The van der Waals surface area contributed by atoms with Gasteiger partial charge in [-0.3, -0.25) is 15.4 Å². The number of nitrogens with two attached hydrogens (primary N) is 1. The SMILES string of the molecule is CCOP(=O)(OCC)C(Oc1ccc2ccc(C(=N)N)cc2c1)c1ccc(OC2CCN(C(C)=N)C2)cc1. The van der Waals surface area contributed by atoms with Crippen LogP contribution < -0.4 is 15.2 Å². The highest BCUT2D eigenvalue weighted by atomic mass is 31.2. The molecule has 4 rings (SSSR count). The minimum Gasteiger partial charge on any atom is -0.489 e. The summed E-state index contributed by atoms with van der Waals surface area (Å²) in [7, 11) is -3.71. The third-order valence-electron chi connectivity index (χ3n) is 6.36. The molecule has 0 radical (unpaired) electrons. The van der Waals surface area contributed by atoms with Crippen LogP contribution in [0.25, 0.3) is 10.8 Å². The van der Waals surface area contributed by atoms with Crippen LogP contribution in [-0.2, 0) is 13.6 Å². The summed E-state index contributed by atoms with van der Waals surface area (Å²) in [5, 5.41) is 17.4. The van der Waals surface area contributed by atoms with E-state index in [2.05, 4.69) is 0 Å². The first-order valence-corrected chi connectivity index (χ1v) is 14.3. The lowest BCUT2D eigenvalue weighted by atomic mass is 10.1. The van der Waals surface area contributed by atoms with Crippen molar-refractivity contribution in [2.75, 3.05) is 26.3 Å². The van der Waals surface area contributed by atoms with E-state index in [-0.39, 0.29) is 25.2 Å². The van der Waals surface area contributed by atoms with Crippen LogP contribution in [0.15, 0.2) is 60.7 Å². The second kappa shape index (κ2) is 12.0. The molecule has 2 atom stereocenters. The molecule has 1 aliphatic rings. The van der Waals surface area contributed by atoms with Gasteiger partial charge in [0.25, 0.3) is 0 Å². The van der Waals surface area contributed by atoms with E-state index >= 15 is 0 Å². The minimum absolute atomic E-state index is 0.00337. The van der Waals surface area contributed by atoms with Gasteiger partial charge in [0.2, 0.25) is 5.85 Å². The molecule has 1 saturated heterocycles. The number of rotatable bonds is 11. The number of nitrogens with one attached hydrogen (secondary N) is 2. The fraction of sp³-hybridized carbons (Fsp3) is 0.357. The Labute approximate surface area is 223 Å². The molecule has 2 unspecified atom stereocenters. The molecule has 3 aromatic rings. The van der Waals surface area contributed by atoms with Crippen molar-refractivity contribution in [3.8, 4) is 11.5 Å². The van der Waals surface area contributed by atoms with E-state index in [1.807, 2.05) is 53.4 Å². The molecule has 9 nitrogen and oxygen atoms in total. The fourth-order valence-electron chi connectivity index (χ4n) is 4.47. The van der Waals surface area contributed by atoms with E-state index in [0.717, 1.165) is 23.7 Å². The summed E-state index contributed by atoms with van der Waals surface area (Å²) in [6.07, 6.45) is 0.851. The topological polar surface area (TPSA) is 131 Å². The van der Waals surface area contributed by atoms with Crippen LogP contribution in [0.3, 0.4) is 0 Å². The molecule has 10 heteroatoms. The first kappa shape index (κ1) is 27.6. The summed E-state index contributed by atoms with van der Waals surface area (Å²) in [6.45, 7) is 7.19. The number of likely N-dealkylation sites (tertiary alicyclic amines) is 1. The fourth-order valence-corrected chi connectivity index (χ4v) is 6.33. The van der Waals surface area contributed by atoms with E-state index in [0.29, 0.717) is 35.0 Å². The Morgan fingerprint density at radius 1 is 1.00 bits per heavy atom. The molecule has 0 saturated carbocycles. The highest BCUT2D eigenvalue weighted by Gasteiger charge is 2.39. The van der Waals surface area contributed by atoms with Gasteiger partial charge in [0, 0.05) is 24.1 Å². The molecular weight excluding hydrogens is 503 g/mol.